The largest absolute Gasteiger partial charge is 0.396 e. The van der Waals surface area contributed by atoms with Crippen molar-refractivity contribution >= 4 is 15.9 Å². The van der Waals surface area contributed by atoms with Crippen LogP contribution in [-0.2, 0) is 20.0 Å². The van der Waals surface area contributed by atoms with E-state index in [2.05, 4.69) is 33.3 Å². The van der Waals surface area contributed by atoms with Crippen LogP contribution in [0.5, 0.6) is 0 Å². The molecule has 102 valence electrons. The highest BCUT2D eigenvalue weighted by Crippen LogP contribution is 2.26. The topological polar surface area (TPSA) is 50.1 Å². The minimum atomic E-state index is 0.296. The number of rotatable bonds is 5. The van der Waals surface area contributed by atoms with Gasteiger partial charge in [-0.1, -0.05) is 13.3 Å². The van der Waals surface area contributed by atoms with Gasteiger partial charge in [-0.2, -0.15) is 5.10 Å². The molecule has 0 bridgehead atoms. The van der Waals surface area contributed by atoms with Crippen molar-refractivity contribution in [1.29, 1.82) is 0 Å². The smallest absolute Gasteiger partial charge is 0.0767 e. The summed E-state index contributed by atoms with van der Waals surface area (Å²) in [6.07, 6.45) is 4.47. The van der Waals surface area contributed by atoms with E-state index in [1.165, 1.54) is 18.5 Å². The molecule has 5 heteroatoms. The molecule has 1 heterocycles. The summed E-state index contributed by atoms with van der Waals surface area (Å²) < 4.78 is 3.07. The average Bonchev–Trinajstić information content (AvgIpc) is 2.92. The van der Waals surface area contributed by atoms with Crippen LogP contribution < -0.4 is 5.32 Å². The van der Waals surface area contributed by atoms with Gasteiger partial charge in [0.1, 0.15) is 0 Å². The van der Waals surface area contributed by atoms with E-state index < -0.39 is 0 Å². The summed E-state index contributed by atoms with van der Waals surface area (Å²) >= 11 is 3.63. The van der Waals surface area contributed by atoms with E-state index in [1.54, 1.807) is 0 Å². The normalized spacial score (nSPS) is 23.8. The second-order valence-electron chi connectivity index (χ2n) is 5.05. The van der Waals surface area contributed by atoms with Gasteiger partial charge >= 0.3 is 0 Å². The summed E-state index contributed by atoms with van der Waals surface area (Å²) in [7, 11) is 1.99. The number of aromatic nitrogens is 2. The second kappa shape index (κ2) is 6.17. The second-order valence-corrected chi connectivity index (χ2v) is 5.84. The molecular weight excluding hydrogens is 294 g/mol. The van der Waals surface area contributed by atoms with Crippen molar-refractivity contribution in [3.05, 3.63) is 15.9 Å². The fourth-order valence-corrected chi connectivity index (χ4v) is 3.52. The highest BCUT2D eigenvalue weighted by atomic mass is 79.9. The summed E-state index contributed by atoms with van der Waals surface area (Å²) in [5.74, 6) is 0.419. The molecule has 1 aliphatic carbocycles. The Labute approximate surface area is 117 Å². The minimum absolute atomic E-state index is 0.296. The predicted molar refractivity (Wildman–Crippen MR) is 75.3 cm³/mol. The number of hydrogen-bond donors (Lipinski definition) is 2. The molecule has 0 saturated heterocycles. The van der Waals surface area contributed by atoms with E-state index in [1.807, 2.05) is 11.7 Å². The lowest BCUT2D eigenvalue weighted by atomic mass is 10.1. The fourth-order valence-electron chi connectivity index (χ4n) is 2.76. The van der Waals surface area contributed by atoms with Crippen molar-refractivity contribution in [1.82, 2.24) is 15.1 Å². The Morgan fingerprint density at radius 2 is 2.28 bits per heavy atom. The lowest BCUT2D eigenvalue weighted by Gasteiger charge is -2.19. The van der Waals surface area contributed by atoms with Gasteiger partial charge in [0.25, 0.3) is 0 Å². The van der Waals surface area contributed by atoms with E-state index in [0.29, 0.717) is 18.6 Å². The highest BCUT2D eigenvalue weighted by molar-refractivity contribution is 9.10. The molecular formula is C13H22BrN3O. The summed E-state index contributed by atoms with van der Waals surface area (Å²) in [5.41, 5.74) is 2.30. The molecule has 1 aromatic rings. The molecule has 0 radical (unpaired) electrons. The lowest BCUT2D eigenvalue weighted by molar-refractivity contribution is 0.204. The van der Waals surface area contributed by atoms with Crippen LogP contribution in [0, 0.1) is 5.92 Å². The molecule has 1 aliphatic rings. The number of aliphatic hydroxyl groups excluding tert-OH is 1. The monoisotopic (exact) mass is 315 g/mol. The molecule has 1 saturated carbocycles. The van der Waals surface area contributed by atoms with E-state index in [-0.39, 0.29) is 0 Å². The fraction of sp³-hybridized carbons (Fsp3) is 0.769. The highest BCUT2D eigenvalue weighted by Gasteiger charge is 2.26. The first-order valence-electron chi connectivity index (χ1n) is 6.71. The zero-order chi connectivity index (χ0) is 13.1. The first-order valence-corrected chi connectivity index (χ1v) is 7.51. The van der Waals surface area contributed by atoms with Crippen LogP contribution in [-0.4, -0.2) is 27.5 Å². The molecule has 2 rings (SSSR count). The number of nitrogens with one attached hydrogen (secondary N) is 1. The quantitative estimate of drug-likeness (QED) is 0.873. The van der Waals surface area contributed by atoms with Crippen molar-refractivity contribution in [2.45, 2.75) is 45.2 Å². The van der Waals surface area contributed by atoms with Crippen molar-refractivity contribution < 1.29 is 5.11 Å². The van der Waals surface area contributed by atoms with Gasteiger partial charge in [0, 0.05) is 26.2 Å². The average molecular weight is 316 g/mol. The Morgan fingerprint density at radius 3 is 2.89 bits per heavy atom. The number of nitrogens with zero attached hydrogens (tertiary/aromatic N) is 2. The molecule has 0 aromatic carbocycles. The SMILES string of the molecule is CCc1nn(C)c(CNC2CCCC2CO)c1Br. The standard InChI is InChI=1S/C13H22BrN3O/c1-3-10-13(14)12(17(2)16-10)7-15-11-6-4-5-9(11)8-18/h9,11,15,18H,3-8H2,1-2H3. The zero-order valence-electron chi connectivity index (χ0n) is 11.1. The van der Waals surface area contributed by atoms with Crippen LogP contribution in [0.1, 0.15) is 37.6 Å². The molecule has 2 unspecified atom stereocenters. The van der Waals surface area contributed by atoms with E-state index in [4.69, 9.17) is 0 Å². The van der Waals surface area contributed by atoms with Crippen LogP contribution in [0.4, 0.5) is 0 Å². The molecule has 4 nitrogen and oxygen atoms in total. The van der Waals surface area contributed by atoms with Crippen LogP contribution in [0.25, 0.3) is 0 Å². The predicted octanol–water partition coefficient (Wildman–Crippen LogP) is 2.00. The van der Waals surface area contributed by atoms with Gasteiger partial charge in [0.05, 0.1) is 15.9 Å². The van der Waals surface area contributed by atoms with Crippen LogP contribution in [0.3, 0.4) is 0 Å². The Kier molecular flexibility index (Phi) is 4.81. The van der Waals surface area contributed by atoms with Crippen LogP contribution in [0.15, 0.2) is 4.47 Å². The molecule has 1 fully saturated rings. The number of aliphatic hydroxyl groups is 1. The van der Waals surface area contributed by atoms with Crippen LogP contribution >= 0.6 is 15.9 Å². The van der Waals surface area contributed by atoms with Gasteiger partial charge in [-0.25, -0.2) is 0 Å². The lowest BCUT2D eigenvalue weighted by Crippen LogP contribution is -2.34. The Bertz CT molecular complexity index is 405. The maximum absolute atomic E-state index is 9.32. The summed E-state index contributed by atoms with van der Waals surface area (Å²) in [5, 5.41) is 17.4. The maximum atomic E-state index is 9.32. The zero-order valence-corrected chi connectivity index (χ0v) is 12.7. The minimum Gasteiger partial charge on any atom is -0.396 e. The number of hydrogen-bond acceptors (Lipinski definition) is 3. The van der Waals surface area contributed by atoms with Crippen molar-refractivity contribution in [3.8, 4) is 0 Å². The first kappa shape index (κ1) is 14.0. The molecule has 0 aliphatic heterocycles. The summed E-state index contributed by atoms with van der Waals surface area (Å²) in [6.45, 7) is 3.22. The Balaban J connectivity index is 1.99. The van der Waals surface area contributed by atoms with Crippen LogP contribution in [0.2, 0.25) is 0 Å². The molecule has 2 atom stereocenters. The van der Waals surface area contributed by atoms with Gasteiger partial charge in [0.15, 0.2) is 0 Å². The molecule has 1 aromatic heterocycles. The van der Waals surface area contributed by atoms with Crippen molar-refractivity contribution in [3.63, 3.8) is 0 Å². The Hall–Kier alpha value is -0.390. The summed E-state index contributed by atoms with van der Waals surface area (Å²) in [4.78, 5) is 0. The molecule has 0 amide bonds. The van der Waals surface area contributed by atoms with Gasteiger partial charge in [-0.05, 0) is 41.1 Å². The molecule has 18 heavy (non-hydrogen) atoms. The third kappa shape index (κ3) is 2.78. The third-order valence-electron chi connectivity index (χ3n) is 3.93. The van der Waals surface area contributed by atoms with E-state index in [0.717, 1.165) is 29.6 Å². The van der Waals surface area contributed by atoms with Gasteiger partial charge < -0.3 is 10.4 Å². The summed E-state index contributed by atoms with van der Waals surface area (Å²) in [6, 6.07) is 0.446. The Morgan fingerprint density at radius 1 is 1.50 bits per heavy atom. The molecule has 2 N–H and O–H groups in total. The van der Waals surface area contributed by atoms with E-state index >= 15 is 0 Å². The van der Waals surface area contributed by atoms with Gasteiger partial charge in [-0.15, -0.1) is 0 Å². The first-order chi connectivity index (χ1) is 8.67. The molecule has 0 spiro atoms. The maximum Gasteiger partial charge on any atom is 0.0767 e. The third-order valence-corrected chi connectivity index (χ3v) is 4.84. The number of halogens is 1. The van der Waals surface area contributed by atoms with Gasteiger partial charge in [-0.3, -0.25) is 4.68 Å². The number of aryl methyl sites for hydroxylation is 2. The van der Waals surface area contributed by atoms with Gasteiger partial charge in [0.2, 0.25) is 0 Å². The van der Waals surface area contributed by atoms with Crippen molar-refractivity contribution in [2.75, 3.05) is 6.61 Å². The van der Waals surface area contributed by atoms with Crippen molar-refractivity contribution in [2.24, 2.45) is 13.0 Å². The van der Waals surface area contributed by atoms with E-state index in [9.17, 15) is 5.11 Å².